The zero-order valence-corrected chi connectivity index (χ0v) is 21.8. The zero-order chi connectivity index (χ0) is 25.4. The number of aromatic nitrogens is 1. The highest BCUT2D eigenvalue weighted by Gasteiger charge is 2.46. The molecule has 0 bridgehead atoms. The molecular weight excluding hydrogens is 453 g/mol. The summed E-state index contributed by atoms with van der Waals surface area (Å²) in [7, 11) is 6.14. The number of nitrogens with one attached hydrogen (secondary N) is 3. The second-order valence-corrected chi connectivity index (χ2v) is 11.0. The maximum atomic E-state index is 15.4. The fraction of sp³-hybridized carbons (Fsp3) is 0.571. The molecule has 0 radical (unpaired) electrons. The summed E-state index contributed by atoms with van der Waals surface area (Å²) in [5.74, 6) is 0.697. The first kappa shape index (κ1) is 25.1. The highest BCUT2D eigenvalue weighted by Crippen LogP contribution is 2.48. The first-order valence-electron chi connectivity index (χ1n) is 13.1. The van der Waals surface area contributed by atoms with E-state index < -0.39 is 0 Å². The molecule has 2 aliphatic heterocycles. The molecule has 7 nitrogen and oxygen atoms in total. The molecule has 2 aromatic rings. The first-order valence-corrected chi connectivity index (χ1v) is 13.1. The Bertz CT molecular complexity index is 1110. The van der Waals surface area contributed by atoms with E-state index in [-0.39, 0.29) is 35.7 Å². The molecule has 1 aromatic carbocycles. The zero-order valence-electron chi connectivity index (χ0n) is 21.8. The van der Waals surface area contributed by atoms with Crippen LogP contribution in [0.2, 0.25) is 0 Å². The van der Waals surface area contributed by atoms with E-state index in [0.717, 1.165) is 48.6 Å². The molecular formula is C28H38FN7. The average Bonchev–Trinajstić information content (AvgIpc) is 3.51. The van der Waals surface area contributed by atoms with Gasteiger partial charge in [-0.25, -0.2) is 14.8 Å². The molecule has 36 heavy (non-hydrogen) atoms. The Morgan fingerprint density at radius 2 is 2.08 bits per heavy atom. The Balaban J connectivity index is 1.40. The molecule has 3 fully saturated rings. The van der Waals surface area contributed by atoms with Crippen LogP contribution in [-0.2, 0) is 6.54 Å². The normalized spacial score (nSPS) is 30.0. The van der Waals surface area contributed by atoms with Crippen molar-refractivity contribution in [3.8, 4) is 6.07 Å². The number of hydrogen-bond donors (Lipinski definition) is 3. The van der Waals surface area contributed by atoms with Gasteiger partial charge in [-0.05, 0) is 88.1 Å². The van der Waals surface area contributed by atoms with Gasteiger partial charge in [0, 0.05) is 37.6 Å². The number of hydrazine groups is 1. The minimum atomic E-state index is -0.227. The minimum absolute atomic E-state index is 0.0243. The quantitative estimate of drug-likeness (QED) is 0.573. The number of fused-ring (bicyclic) bond motifs is 1. The number of rotatable bonds is 6. The van der Waals surface area contributed by atoms with Crippen molar-refractivity contribution in [3.63, 3.8) is 0 Å². The van der Waals surface area contributed by atoms with E-state index in [9.17, 15) is 5.26 Å². The summed E-state index contributed by atoms with van der Waals surface area (Å²) in [5, 5.41) is 13.1. The number of halogens is 1. The van der Waals surface area contributed by atoms with E-state index in [1.165, 1.54) is 0 Å². The lowest BCUT2D eigenvalue weighted by Crippen LogP contribution is -2.39. The number of hydrogen-bond acceptors (Lipinski definition) is 7. The van der Waals surface area contributed by atoms with E-state index in [4.69, 9.17) is 4.98 Å². The van der Waals surface area contributed by atoms with Crippen LogP contribution in [0.3, 0.4) is 0 Å². The molecule has 0 amide bonds. The fourth-order valence-electron chi connectivity index (χ4n) is 6.59. The van der Waals surface area contributed by atoms with Gasteiger partial charge in [-0.1, -0.05) is 12.1 Å². The average molecular weight is 492 g/mol. The van der Waals surface area contributed by atoms with Gasteiger partial charge in [0.05, 0.1) is 23.7 Å². The topological polar surface area (TPSA) is 79.2 Å². The number of pyridine rings is 1. The van der Waals surface area contributed by atoms with E-state index in [2.05, 4.69) is 70.4 Å². The monoisotopic (exact) mass is 491 g/mol. The molecule has 3 aliphatic rings. The molecule has 5 unspecified atom stereocenters. The summed E-state index contributed by atoms with van der Waals surface area (Å²) in [6.45, 7) is 4.59. The Morgan fingerprint density at radius 3 is 2.78 bits per heavy atom. The van der Waals surface area contributed by atoms with Crippen LogP contribution in [0.5, 0.6) is 0 Å². The van der Waals surface area contributed by atoms with E-state index >= 15 is 4.39 Å². The van der Waals surface area contributed by atoms with Crippen molar-refractivity contribution < 1.29 is 4.39 Å². The molecule has 3 heterocycles. The van der Waals surface area contributed by atoms with Gasteiger partial charge in [0.1, 0.15) is 11.6 Å². The lowest BCUT2D eigenvalue weighted by atomic mass is 9.67. The molecule has 192 valence electrons. The van der Waals surface area contributed by atoms with Crippen LogP contribution in [0.25, 0.3) is 0 Å². The van der Waals surface area contributed by atoms with Crippen LogP contribution in [0, 0.1) is 35.9 Å². The molecule has 1 aliphatic carbocycles. The van der Waals surface area contributed by atoms with Crippen LogP contribution < -0.4 is 21.1 Å². The van der Waals surface area contributed by atoms with Gasteiger partial charge in [0.2, 0.25) is 0 Å². The predicted molar refractivity (Wildman–Crippen MR) is 140 cm³/mol. The van der Waals surface area contributed by atoms with Crippen molar-refractivity contribution in [3.05, 3.63) is 58.5 Å². The van der Waals surface area contributed by atoms with Gasteiger partial charge in [-0.2, -0.15) is 5.26 Å². The molecule has 6 atom stereocenters. The largest absolute Gasteiger partial charge is 0.355 e. The number of likely N-dealkylation sites (N-methyl/N-ethyl adjacent to an activating group) is 1. The van der Waals surface area contributed by atoms with Gasteiger partial charge in [0.15, 0.2) is 0 Å². The first-order chi connectivity index (χ1) is 17.4. The van der Waals surface area contributed by atoms with Crippen LogP contribution in [0.15, 0.2) is 30.3 Å². The highest BCUT2D eigenvalue weighted by molar-refractivity contribution is 5.42. The maximum Gasteiger partial charge on any atom is 0.128 e. The van der Waals surface area contributed by atoms with E-state index in [1.54, 1.807) is 6.07 Å². The highest BCUT2D eigenvalue weighted by atomic mass is 19.1. The molecule has 3 N–H and O–H groups in total. The summed E-state index contributed by atoms with van der Waals surface area (Å²) in [5.41, 5.74) is 10.5. The number of anilines is 1. The third-order valence-corrected chi connectivity index (χ3v) is 8.49. The molecule has 1 aromatic heterocycles. The van der Waals surface area contributed by atoms with Crippen LogP contribution in [0.4, 0.5) is 10.2 Å². The summed E-state index contributed by atoms with van der Waals surface area (Å²) >= 11 is 0. The van der Waals surface area contributed by atoms with Crippen molar-refractivity contribution in [2.45, 2.75) is 56.8 Å². The minimum Gasteiger partial charge on any atom is -0.355 e. The maximum absolute atomic E-state index is 15.4. The number of benzene rings is 1. The van der Waals surface area contributed by atoms with Crippen molar-refractivity contribution in [2.75, 3.05) is 39.1 Å². The summed E-state index contributed by atoms with van der Waals surface area (Å²) in [6.07, 6.45) is 2.58. The second-order valence-electron chi connectivity index (χ2n) is 11.0. The van der Waals surface area contributed by atoms with Gasteiger partial charge in [0.25, 0.3) is 0 Å². The summed E-state index contributed by atoms with van der Waals surface area (Å²) < 4.78 is 15.4. The SMILES string of the molecule is CNCc1cc(C)c(C2CC3C(CC2C#N)NNC3c2cccc(N3CC[C@H](N(C)C)C3)n2)c(F)c1. The Labute approximate surface area is 214 Å². The fourth-order valence-corrected chi connectivity index (χ4v) is 6.59. The third-order valence-electron chi connectivity index (χ3n) is 8.49. The van der Waals surface area contributed by atoms with Crippen LogP contribution >= 0.6 is 0 Å². The number of nitrogens with zero attached hydrogens (tertiary/aromatic N) is 4. The Kier molecular flexibility index (Phi) is 7.27. The van der Waals surface area contributed by atoms with Crippen LogP contribution in [0.1, 0.15) is 53.6 Å². The molecule has 5 rings (SSSR count). The van der Waals surface area contributed by atoms with Gasteiger partial charge < -0.3 is 15.1 Å². The standard InChI is InChI=1S/C28H38FN7/c1-17-10-18(15-31-2)11-23(29)27(17)21-13-22-25(12-19(21)14-30)33-34-28(22)24-6-5-7-26(32-24)36-9-8-20(16-36)35(3)4/h5-7,10-11,19-22,25,28,31,33-34H,8-9,12-13,15-16H2,1-4H3/t19?,20-,21?,22?,25?,28?/m0/s1. The van der Waals surface area contributed by atoms with Crippen molar-refractivity contribution >= 4 is 5.82 Å². The van der Waals surface area contributed by atoms with Gasteiger partial charge in [-0.15, -0.1) is 0 Å². The molecule has 8 heteroatoms. The van der Waals surface area contributed by atoms with Gasteiger partial charge >= 0.3 is 0 Å². The van der Waals surface area contributed by atoms with E-state index in [1.807, 2.05) is 14.0 Å². The second kappa shape index (κ2) is 10.4. The number of aryl methyl sites for hydroxylation is 1. The summed E-state index contributed by atoms with van der Waals surface area (Å²) in [4.78, 5) is 9.74. The lowest BCUT2D eigenvalue weighted by molar-refractivity contribution is 0.233. The summed E-state index contributed by atoms with van der Waals surface area (Å²) in [6, 6.07) is 13.2. The van der Waals surface area contributed by atoms with Crippen LogP contribution in [-0.4, -0.2) is 56.2 Å². The number of nitriles is 1. The van der Waals surface area contributed by atoms with Crippen molar-refractivity contribution in [1.82, 2.24) is 26.1 Å². The lowest BCUT2D eigenvalue weighted by Gasteiger charge is -2.37. The van der Waals surface area contributed by atoms with Crippen molar-refractivity contribution in [1.29, 1.82) is 5.26 Å². The Hall–Kier alpha value is -2.57. The van der Waals surface area contributed by atoms with E-state index in [0.29, 0.717) is 24.6 Å². The third kappa shape index (κ3) is 4.73. The molecule has 0 spiro atoms. The van der Waals surface area contributed by atoms with Crippen molar-refractivity contribution in [2.24, 2.45) is 11.8 Å². The smallest absolute Gasteiger partial charge is 0.128 e. The van der Waals surface area contributed by atoms with Gasteiger partial charge in [-0.3, -0.25) is 5.43 Å². The Morgan fingerprint density at radius 1 is 1.25 bits per heavy atom. The predicted octanol–water partition coefficient (Wildman–Crippen LogP) is 3.24. The molecule has 2 saturated heterocycles. The molecule has 1 saturated carbocycles.